The summed E-state index contributed by atoms with van der Waals surface area (Å²) in [5.41, 5.74) is 11.7. The number of amidine groups is 1. The maximum absolute atomic E-state index is 13.2. The number of phenolic OH excluding ortho intramolecular Hbond substituents is 1. The number of aromatic hydroxyl groups is 1. The zero-order chi connectivity index (χ0) is 22.8. The first-order valence-corrected chi connectivity index (χ1v) is 10.4. The van der Waals surface area contributed by atoms with Gasteiger partial charge in [-0.3, -0.25) is 10.2 Å². The Morgan fingerprint density at radius 2 is 1.72 bits per heavy atom. The SMILES string of the molecule is Cc1cc(C)cc(CNC(=O)c2cc3c(O)cccc3n2Cc2cccc(C(=N)N)c2)c1. The number of hydrogen-bond acceptors (Lipinski definition) is 3. The minimum absolute atomic E-state index is 0.00623. The van der Waals surface area contributed by atoms with Crippen molar-refractivity contribution < 1.29 is 9.90 Å². The van der Waals surface area contributed by atoms with E-state index in [0.29, 0.717) is 29.7 Å². The minimum Gasteiger partial charge on any atom is -0.507 e. The molecule has 1 heterocycles. The molecule has 3 aromatic carbocycles. The van der Waals surface area contributed by atoms with Crippen LogP contribution in [0, 0.1) is 19.3 Å². The summed E-state index contributed by atoms with van der Waals surface area (Å²) in [6, 6.07) is 20.6. The fraction of sp³-hybridized carbons (Fsp3) is 0.154. The summed E-state index contributed by atoms with van der Waals surface area (Å²) >= 11 is 0. The Labute approximate surface area is 186 Å². The van der Waals surface area contributed by atoms with Crippen molar-refractivity contribution in [2.75, 3.05) is 0 Å². The maximum Gasteiger partial charge on any atom is 0.268 e. The molecule has 0 aliphatic heterocycles. The van der Waals surface area contributed by atoms with Gasteiger partial charge in [0.1, 0.15) is 17.3 Å². The number of carbonyl (C=O) groups excluding carboxylic acids is 1. The Hall–Kier alpha value is -4.06. The van der Waals surface area contributed by atoms with Gasteiger partial charge in [0.05, 0.1) is 5.52 Å². The molecule has 0 saturated carbocycles. The number of rotatable bonds is 6. The molecular weight excluding hydrogens is 400 g/mol. The summed E-state index contributed by atoms with van der Waals surface area (Å²) in [6.07, 6.45) is 0. The molecule has 0 unspecified atom stereocenters. The highest BCUT2D eigenvalue weighted by Gasteiger charge is 2.18. The molecule has 0 atom stereocenters. The van der Waals surface area contributed by atoms with Crippen LogP contribution in [0.2, 0.25) is 0 Å². The number of amides is 1. The second-order valence-corrected chi connectivity index (χ2v) is 8.12. The number of nitrogen functional groups attached to an aromatic ring is 1. The highest BCUT2D eigenvalue weighted by molar-refractivity contribution is 6.00. The second kappa shape index (κ2) is 8.59. The van der Waals surface area contributed by atoms with Gasteiger partial charge >= 0.3 is 0 Å². The predicted octanol–water partition coefficient (Wildman–Crippen LogP) is 4.23. The summed E-state index contributed by atoms with van der Waals surface area (Å²) in [4.78, 5) is 13.2. The molecule has 1 aromatic heterocycles. The van der Waals surface area contributed by atoms with E-state index in [4.69, 9.17) is 11.1 Å². The largest absolute Gasteiger partial charge is 0.507 e. The molecule has 162 valence electrons. The van der Waals surface area contributed by atoms with Gasteiger partial charge in [-0.2, -0.15) is 0 Å². The van der Waals surface area contributed by atoms with Gasteiger partial charge in [0.25, 0.3) is 5.91 Å². The standard InChI is InChI=1S/C26H26N4O2/c1-16-9-17(2)11-19(10-16)14-29-26(32)23-13-21-22(7-4-8-24(21)31)30(23)15-18-5-3-6-20(12-18)25(27)28/h3-13,31H,14-15H2,1-2H3,(H3,27,28)(H,29,32). The lowest BCUT2D eigenvalue weighted by atomic mass is 10.1. The van der Waals surface area contributed by atoms with E-state index in [1.165, 1.54) is 0 Å². The number of aryl methyl sites for hydroxylation is 2. The Morgan fingerprint density at radius 1 is 1.00 bits per heavy atom. The lowest BCUT2D eigenvalue weighted by Gasteiger charge is -2.13. The van der Waals surface area contributed by atoms with Gasteiger partial charge in [0.15, 0.2) is 0 Å². The Bertz CT molecular complexity index is 1320. The second-order valence-electron chi connectivity index (χ2n) is 8.12. The van der Waals surface area contributed by atoms with Crippen molar-refractivity contribution in [1.82, 2.24) is 9.88 Å². The van der Waals surface area contributed by atoms with Crippen LogP contribution in [0.25, 0.3) is 10.9 Å². The number of fused-ring (bicyclic) bond motifs is 1. The molecule has 0 radical (unpaired) electrons. The number of benzene rings is 3. The van der Waals surface area contributed by atoms with E-state index in [9.17, 15) is 9.90 Å². The van der Waals surface area contributed by atoms with Crippen molar-refractivity contribution >= 4 is 22.6 Å². The number of nitrogens with zero attached hydrogens (tertiary/aromatic N) is 1. The van der Waals surface area contributed by atoms with Gasteiger partial charge in [-0.1, -0.05) is 53.6 Å². The highest BCUT2D eigenvalue weighted by atomic mass is 16.3. The lowest BCUT2D eigenvalue weighted by molar-refractivity contribution is 0.0942. The van der Waals surface area contributed by atoms with Crippen LogP contribution in [0.5, 0.6) is 5.75 Å². The van der Waals surface area contributed by atoms with Crippen molar-refractivity contribution in [3.63, 3.8) is 0 Å². The van der Waals surface area contributed by atoms with Gasteiger partial charge in [-0.25, -0.2) is 0 Å². The van der Waals surface area contributed by atoms with E-state index in [-0.39, 0.29) is 17.5 Å². The Balaban J connectivity index is 1.69. The number of hydrogen-bond donors (Lipinski definition) is 4. The Morgan fingerprint density at radius 3 is 2.44 bits per heavy atom. The summed E-state index contributed by atoms with van der Waals surface area (Å²) in [6.45, 7) is 4.89. The first-order chi connectivity index (χ1) is 15.3. The average molecular weight is 427 g/mol. The third kappa shape index (κ3) is 4.34. The van der Waals surface area contributed by atoms with Crippen LogP contribution in [0.15, 0.2) is 66.7 Å². The lowest BCUT2D eigenvalue weighted by Crippen LogP contribution is -2.25. The Kier molecular flexibility index (Phi) is 5.69. The van der Waals surface area contributed by atoms with Crippen LogP contribution in [-0.2, 0) is 13.1 Å². The number of aromatic nitrogens is 1. The molecule has 0 spiro atoms. The minimum atomic E-state index is -0.220. The van der Waals surface area contributed by atoms with Gasteiger partial charge in [0, 0.05) is 24.0 Å². The maximum atomic E-state index is 13.2. The zero-order valence-corrected chi connectivity index (χ0v) is 18.1. The molecule has 0 aliphatic rings. The molecule has 0 fully saturated rings. The van der Waals surface area contributed by atoms with E-state index in [1.807, 2.05) is 42.7 Å². The monoisotopic (exact) mass is 426 g/mol. The number of nitrogens with two attached hydrogens (primary N) is 1. The summed E-state index contributed by atoms with van der Waals surface area (Å²) in [5, 5.41) is 21.7. The van der Waals surface area contributed by atoms with E-state index in [0.717, 1.165) is 27.8 Å². The molecule has 6 nitrogen and oxygen atoms in total. The van der Waals surface area contributed by atoms with Gasteiger partial charge in [0.2, 0.25) is 0 Å². The third-order valence-electron chi connectivity index (χ3n) is 5.47. The molecule has 4 aromatic rings. The van der Waals surface area contributed by atoms with Gasteiger partial charge in [-0.05, 0) is 49.2 Å². The fourth-order valence-corrected chi connectivity index (χ4v) is 4.09. The quantitative estimate of drug-likeness (QED) is 0.274. The summed E-state index contributed by atoms with van der Waals surface area (Å²) in [7, 11) is 0. The van der Waals surface area contributed by atoms with Crippen LogP contribution in [0.3, 0.4) is 0 Å². The van der Waals surface area contributed by atoms with E-state index in [2.05, 4.69) is 23.5 Å². The van der Waals surface area contributed by atoms with Crippen LogP contribution < -0.4 is 11.1 Å². The topological polar surface area (TPSA) is 104 Å². The highest BCUT2D eigenvalue weighted by Crippen LogP contribution is 2.29. The van der Waals surface area contributed by atoms with Crippen LogP contribution in [0.1, 0.15) is 38.3 Å². The molecule has 4 rings (SSSR count). The van der Waals surface area contributed by atoms with Crippen LogP contribution in [-0.4, -0.2) is 21.4 Å². The van der Waals surface area contributed by atoms with E-state index >= 15 is 0 Å². The first kappa shape index (κ1) is 21.2. The first-order valence-electron chi connectivity index (χ1n) is 10.4. The van der Waals surface area contributed by atoms with Crippen molar-refractivity contribution in [2.24, 2.45) is 5.73 Å². The third-order valence-corrected chi connectivity index (χ3v) is 5.47. The van der Waals surface area contributed by atoms with E-state index in [1.54, 1.807) is 24.3 Å². The van der Waals surface area contributed by atoms with Gasteiger partial charge < -0.3 is 20.7 Å². The van der Waals surface area contributed by atoms with Crippen molar-refractivity contribution in [3.8, 4) is 5.75 Å². The summed E-state index contributed by atoms with van der Waals surface area (Å²) in [5.74, 6) is -0.0992. The molecule has 0 bridgehead atoms. The zero-order valence-electron chi connectivity index (χ0n) is 18.1. The normalized spacial score (nSPS) is 10.9. The van der Waals surface area contributed by atoms with E-state index < -0.39 is 0 Å². The number of carbonyl (C=O) groups is 1. The van der Waals surface area contributed by atoms with Crippen molar-refractivity contribution in [3.05, 3.63) is 100 Å². The van der Waals surface area contributed by atoms with Gasteiger partial charge in [-0.15, -0.1) is 0 Å². The predicted molar refractivity (Wildman–Crippen MR) is 127 cm³/mol. The van der Waals surface area contributed by atoms with Crippen molar-refractivity contribution in [1.29, 1.82) is 5.41 Å². The molecular formula is C26H26N4O2. The molecule has 32 heavy (non-hydrogen) atoms. The number of nitrogens with one attached hydrogen (secondary N) is 2. The average Bonchev–Trinajstić information content (AvgIpc) is 3.11. The number of phenols is 1. The smallest absolute Gasteiger partial charge is 0.268 e. The molecule has 0 aliphatic carbocycles. The van der Waals surface area contributed by atoms with Crippen LogP contribution in [0.4, 0.5) is 0 Å². The summed E-state index contributed by atoms with van der Waals surface area (Å²) < 4.78 is 1.88. The fourth-order valence-electron chi connectivity index (χ4n) is 4.09. The molecule has 0 saturated heterocycles. The molecule has 1 amide bonds. The molecule has 6 heteroatoms. The van der Waals surface area contributed by atoms with Crippen molar-refractivity contribution in [2.45, 2.75) is 26.9 Å². The van der Waals surface area contributed by atoms with Crippen LogP contribution >= 0.6 is 0 Å². The molecule has 5 N–H and O–H groups in total.